The van der Waals surface area contributed by atoms with E-state index in [2.05, 4.69) is 10.3 Å². The summed E-state index contributed by atoms with van der Waals surface area (Å²) in [5, 5.41) is 4.12. The van der Waals surface area contributed by atoms with Crippen LogP contribution in [0.4, 0.5) is 27.6 Å². The van der Waals surface area contributed by atoms with E-state index < -0.39 is 34.8 Å². The molecule has 4 aromatic rings. The lowest BCUT2D eigenvalue weighted by Crippen LogP contribution is -2.22. The molecule has 0 atom stereocenters. The summed E-state index contributed by atoms with van der Waals surface area (Å²) in [6.45, 7) is 0. The van der Waals surface area contributed by atoms with Gasteiger partial charge in [0.05, 0.1) is 22.5 Å². The molecule has 4 rings (SSSR count). The molecule has 2 aromatic heterocycles. The van der Waals surface area contributed by atoms with Crippen LogP contribution in [0, 0.1) is 11.6 Å². The Balaban J connectivity index is 1.59. The van der Waals surface area contributed by atoms with E-state index >= 15 is 0 Å². The first kappa shape index (κ1) is 22.9. The molecular formula is C21H12F5N3O2S2. The number of anilines is 1. The molecule has 12 heteroatoms. The summed E-state index contributed by atoms with van der Waals surface area (Å²) in [6, 6.07) is 8.12. The molecule has 170 valence electrons. The van der Waals surface area contributed by atoms with Gasteiger partial charge in [-0.3, -0.25) is 14.2 Å². The van der Waals surface area contributed by atoms with Gasteiger partial charge in [0.25, 0.3) is 5.56 Å². The number of carbonyl (C=O) groups excluding carboxylic acids is 1. The largest absolute Gasteiger partial charge is 0.416 e. The van der Waals surface area contributed by atoms with Gasteiger partial charge >= 0.3 is 6.18 Å². The molecule has 0 bridgehead atoms. The fourth-order valence-electron chi connectivity index (χ4n) is 2.95. The summed E-state index contributed by atoms with van der Waals surface area (Å²) < 4.78 is 66.8. The Morgan fingerprint density at radius 2 is 1.73 bits per heavy atom. The first-order chi connectivity index (χ1) is 15.6. The fourth-order valence-corrected chi connectivity index (χ4v) is 4.53. The fraction of sp³-hybridized carbons (Fsp3) is 0.0952. The molecule has 5 nitrogen and oxygen atoms in total. The molecule has 1 amide bonds. The van der Waals surface area contributed by atoms with Gasteiger partial charge in [0.1, 0.15) is 16.3 Å². The van der Waals surface area contributed by atoms with Gasteiger partial charge in [0.2, 0.25) is 5.91 Å². The van der Waals surface area contributed by atoms with Crippen LogP contribution in [0.1, 0.15) is 5.56 Å². The van der Waals surface area contributed by atoms with Crippen molar-refractivity contribution >= 4 is 44.9 Å². The van der Waals surface area contributed by atoms with Crippen LogP contribution in [0.25, 0.3) is 15.9 Å². The Kier molecular flexibility index (Phi) is 6.21. The van der Waals surface area contributed by atoms with Crippen molar-refractivity contribution < 1.29 is 26.7 Å². The van der Waals surface area contributed by atoms with Gasteiger partial charge in [-0.2, -0.15) is 13.2 Å². The first-order valence-electron chi connectivity index (χ1n) is 9.18. The van der Waals surface area contributed by atoms with Crippen molar-refractivity contribution in [2.24, 2.45) is 0 Å². The second-order valence-corrected chi connectivity index (χ2v) is 8.57. The highest BCUT2D eigenvalue weighted by Gasteiger charge is 2.30. The molecule has 0 fully saturated rings. The smallest absolute Gasteiger partial charge is 0.325 e. The Morgan fingerprint density at radius 3 is 2.36 bits per heavy atom. The molecule has 1 N–H and O–H groups in total. The zero-order valence-electron chi connectivity index (χ0n) is 16.3. The number of rotatable bonds is 5. The Labute approximate surface area is 190 Å². The third-order valence-electron chi connectivity index (χ3n) is 4.38. The second-order valence-electron chi connectivity index (χ2n) is 6.71. The van der Waals surface area contributed by atoms with Crippen molar-refractivity contribution in [1.29, 1.82) is 0 Å². The van der Waals surface area contributed by atoms with Crippen LogP contribution in [0.15, 0.2) is 63.9 Å². The number of halogens is 5. The zero-order valence-corrected chi connectivity index (χ0v) is 18.0. The predicted molar refractivity (Wildman–Crippen MR) is 116 cm³/mol. The number of hydrogen-bond acceptors (Lipinski definition) is 5. The average Bonchev–Trinajstić information content (AvgIpc) is 3.20. The van der Waals surface area contributed by atoms with Gasteiger partial charge in [-0.1, -0.05) is 11.8 Å². The van der Waals surface area contributed by atoms with Gasteiger partial charge in [-0.25, -0.2) is 13.8 Å². The zero-order chi connectivity index (χ0) is 23.8. The van der Waals surface area contributed by atoms with Crippen molar-refractivity contribution in [2.75, 3.05) is 11.1 Å². The lowest BCUT2D eigenvalue weighted by molar-refractivity contribution is -0.137. The minimum Gasteiger partial charge on any atom is -0.325 e. The number of carbonyl (C=O) groups is 1. The summed E-state index contributed by atoms with van der Waals surface area (Å²) in [7, 11) is 0. The van der Waals surface area contributed by atoms with Gasteiger partial charge in [-0.05, 0) is 47.8 Å². The summed E-state index contributed by atoms with van der Waals surface area (Å²) in [6.07, 6.45) is -4.50. The highest BCUT2D eigenvalue weighted by Crippen LogP contribution is 2.30. The molecule has 0 unspecified atom stereocenters. The van der Waals surface area contributed by atoms with E-state index in [0.717, 1.165) is 64.1 Å². The van der Waals surface area contributed by atoms with Crippen LogP contribution in [0.2, 0.25) is 0 Å². The van der Waals surface area contributed by atoms with Crippen LogP contribution < -0.4 is 10.9 Å². The highest BCUT2D eigenvalue weighted by atomic mass is 32.2. The number of alkyl halides is 3. The molecule has 2 heterocycles. The number of benzene rings is 2. The average molecular weight is 497 g/mol. The van der Waals surface area contributed by atoms with Crippen molar-refractivity contribution in [3.05, 3.63) is 81.5 Å². The van der Waals surface area contributed by atoms with Crippen LogP contribution in [-0.4, -0.2) is 21.2 Å². The molecule has 0 saturated carbocycles. The molecule has 2 aromatic carbocycles. The van der Waals surface area contributed by atoms with E-state index in [-0.39, 0.29) is 27.0 Å². The Bertz CT molecular complexity index is 1380. The molecule has 0 aliphatic rings. The topological polar surface area (TPSA) is 64.0 Å². The normalized spacial score (nSPS) is 11.7. The quantitative estimate of drug-likeness (QED) is 0.226. The molecular weight excluding hydrogens is 485 g/mol. The Hall–Kier alpha value is -3.25. The number of aromatic nitrogens is 2. The van der Waals surface area contributed by atoms with Gasteiger partial charge < -0.3 is 5.32 Å². The van der Waals surface area contributed by atoms with E-state index in [0.29, 0.717) is 11.6 Å². The van der Waals surface area contributed by atoms with Crippen molar-refractivity contribution in [3.8, 4) is 5.69 Å². The van der Waals surface area contributed by atoms with Crippen molar-refractivity contribution in [2.45, 2.75) is 11.3 Å². The molecule has 0 aliphatic carbocycles. The van der Waals surface area contributed by atoms with Crippen LogP contribution in [0.5, 0.6) is 0 Å². The lowest BCUT2D eigenvalue weighted by atomic mass is 10.2. The third kappa shape index (κ3) is 5.06. The second kappa shape index (κ2) is 8.94. The molecule has 0 spiro atoms. The standard InChI is InChI=1S/C21H12F5N3O2S2/c22-12-7-13(23)9-15(8-12)29-19(31)18-16(5-6-32-18)28-20(29)33-10-17(30)27-14-3-1-11(2-4-14)21(24,25)26/h1-9H,10H2,(H,27,30). The van der Waals surface area contributed by atoms with Crippen LogP contribution >= 0.6 is 23.1 Å². The maximum Gasteiger partial charge on any atom is 0.416 e. The number of nitrogens with zero attached hydrogens (tertiary/aromatic N) is 2. The number of amides is 1. The first-order valence-corrected chi connectivity index (χ1v) is 11.0. The number of fused-ring (bicyclic) bond motifs is 1. The summed E-state index contributed by atoms with van der Waals surface area (Å²) >= 11 is 1.96. The summed E-state index contributed by atoms with van der Waals surface area (Å²) in [4.78, 5) is 29.6. The van der Waals surface area contributed by atoms with E-state index in [4.69, 9.17) is 0 Å². The van der Waals surface area contributed by atoms with Crippen molar-refractivity contribution in [1.82, 2.24) is 9.55 Å². The molecule has 0 saturated heterocycles. The summed E-state index contributed by atoms with van der Waals surface area (Å²) in [5.74, 6) is -2.62. The summed E-state index contributed by atoms with van der Waals surface area (Å²) in [5.41, 5.74) is -0.978. The monoisotopic (exact) mass is 497 g/mol. The van der Waals surface area contributed by atoms with Gasteiger partial charge in [0.15, 0.2) is 5.16 Å². The molecule has 0 aliphatic heterocycles. The lowest BCUT2D eigenvalue weighted by Gasteiger charge is -2.13. The minimum absolute atomic E-state index is 0.0264. The third-order valence-corrected chi connectivity index (χ3v) is 6.21. The van der Waals surface area contributed by atoms with E-state index in [1.807, 2.05) is 0 Å². The van der Waals surface area contributed by atoms with Crippen molar-refractivity contribution in [3.63, 3.8) is 0 Å². The highest BCUT2D eigenvalue weighted by molar-refractivity contribution is 7.99. The minimum atomic E-state index is -4.50. The molecule has 33 heavy (non-hydrogen) atoms. The van der Waals surface area contributed by atoms with E-state index in [1.54, 1.807) is 11.4 Å². The van der Waals surface area contributed by atoms with E-state index in [1.165, 1.54) is 0 Å². The molecule has 0 radical (unpaired) electrons. The maximum absolute atomic E-state index is 13.8. The predicted octanol–water partition coefficient (Wildman–Crippen LogP) is 5.48. The van der Waals surface area contributed by atoms with Crippen LogP contribution in [-0.2, 0) is 11.0 Å². The number of hydrogen-bond donors (Lipinski definition) is 1. The van der Waals surface area contributed by atoms with Gasteiger partial charge in [-0.15, -0.1) is 11.3 Å². The number of nitrogens with one attached hydrogen (secondary N) is 1. The van der Waals surface area contributed by atoms with E-state index in [9.17, 15) is 31.5 Å². The van der Waals surface area contributed by atoms with Crippen LogP contribution in [0.3, 0.4) is 0 Å². The number of thioether (sulfide) groups is 1. The SMILES string of the molecule is O=C(CSc1nc2ccsc2c(=O)n1-c1cc(F)cc(F)c1)Nc1ccc(C(F)(F)F)cc1. The number of thiophene rings is 1. The maximum atomic E-state index is 13.8. The van der Waals surface area contributed by atoms with Gasteiger partial charge in [0, 0.05) is 11.8 Å². The Morgan fingerprint density at radius 1 is 1.06 bits per heavy atom.